The van der Waals surface area contributed by atoms with Gasteiger partial charge in [-0.1, -0.05) is 29.8 Å². The average Bonchev–Trinajstić information content (AvgIpc) is 2.82. The third kappa shape index (κ3) is 2.53. The van der Waals surface area contributed by atoms with Crippen LogP contribution in [0.25, 0.3) is 0 Å². The maximum atomic E-state index is 12.3. The average molecular weight is 253 g/mol. The number of Topliss-reactive ketones (excluding diaryl/α,β-unsaturated/α-hetero) is 1. The first kappa shape index (κ1) is 12.6. The van der Waals surface area contributed by atoms with Crippen LogP contribution in [0.1, 0.15) is 31.2 Å². The molecular formula is C14H17ClO2. The molecule has 2 nitrogen and oxygen atoms in total. The summed E-state index contributed by atoms with van der Waals surface area (Å²) in [6.07, 6.45) is 4.19. The number of ketones is 1. The summed E-state index contributed by atoms with van der Waals surface area (Å²) in [7, 11) is 1.63. The predicted octanol–water partition coefficient (Wildman–Crippen LogP) is 3.41. The fraction of sp³-hybridized carbons (Fsp3) is 0.500. The minimum atomic E-state index is -0.556. The van der Waals surface area contributed by atoms with Gasteiger partial charge in [0.15, 0.2) is 5.78 Å². The van der Waals surface area contributed by atoms with Crippen molar-refractivity contribution < 1.29 is 9.53 Å². The number of benzene rings is 1. The molecule has 1 fully saturated rings. The van der Waals surface area contributed by atoms with Crippen LogP contribution in [0.3, 0.4) is 0 Å². The Balaban J connectivity index is 2.14. The number of ether oxygens (including phenoxy) is 1. The summed E-state index contributed by atoms with van der Waals surface area (Å²) >= 11 is 6.07. The zero-order valence-corrected chi connectivity index (χ0v) is 10.8. The second-order valence-corrected chi connectivity index (χ2v) is 5.00. The van der Waals surface area contributed by atoms with E-state index >= 15 is 0 Å². The van der Waals surface area contributed by atoms with Gasteiger partial charge < -0.3 is 4.74 Å². The Morgan fingerprint density at radius 1 is 1.35 bits per heavy atom. The zero-order chi connectivity index (χ0) is 12.3. The molecule has 0 amide bonds. The molecule has 1 aliphatic carbocycles. The number of hydrogen-bond acceptors (Lipinski definition) is 2. The Kier molecular flexibility index (Phi) is 3.85. The second-order valence-electron chi connectivity index (χ2n) is 4.60. The summed E-state index contributed by atoms with van der Waals surface area (Å²) in [6, 6.07) is 7.50. The van der Waals surface area contributed by atoms with Crippen LogP contribution < -0.4 is 0 Å². The Bertz CT molecular complexity index is 408. The van der Waals surface area contributed by atoms with E-state index in [4.69, 9.17) is 16.3 Å². The molecular weight excluding hydrogens is 236 g/mol. The monoisotopic (exact) mass is 252 g/mol. The van der Waals surface area contributed by atoms with E-state index in [1.165, 1.54) is 0 Å². The molecule has 1 aromatic rings. The summed E-state index contributed by atoms with van der Waals surface area (Å²) < 4.78 is 5.48. The van der Waals surface area contributed by atoms with Crippen molar-refractivity contribution in [3.63, 3.8) is 0 Å². The molecule has 0 bridgehead atoms. The van der Waals surface area contributed by atoms with E-state index in [1.54, 1.807) is 7.11 Å². The van der Waals surface area contributed by atoms with Gasteiger partial charge >= 0.3 is 0 Å². The van der Waals surface area contributed by atoms with Crippen LogP contribution in [0.4, 0.5) is 0 Å². The molecule has 92 valence electrons. The highest BCUT2D eigenvalue weighted by Gasteiger charge is 2.40. The van der Waals surface area contributed by atoms with Crippen molar-refractivity contribution in [1.82, 2.24) is 0 Å². The molecule has 0 aromatic heterocycles. The summed E-state index contributed by atoms with van der Waals surface area (Å²) in [5.41, 5.74) is 0.335. The number of methoxy groups -OCH3 is 1. The highest BCUT2D eigenvalue weighted by atomic mass is 35.5. The van der Waals surface area contributed by atoms with Crippen LogP contribution in [0.5, 0.6) is 0 Å². The molecule has 2 rings (SSSR count). The maximum absolute atomic E-state index is 12.3. The molecule has 0 saturated heterocycles. The molecule has 0 radical (unpaired) electrons. The van der Waals surface area contributed by atoms with Crippen LogP contribution in [-0.4, -0.2) is 18.5 Å². The molecule has 0 unspecified atom stereocenters. The minimum Gasteiger partial charge on any atom is -0.370 e. The van der Waals surface area contributed by atoms with E-state index in [2.05, 4.69) is 0 Å². The topological polar surface area (TPSA) is 26.3 Å². The standard InChI is InChI=1S/C14H17ClO2/c1-17-14(8-4-5-9-14)13(16)10-11-6-2-3-7-12(11)15/h2-3,6-7H,4-5,8-10H2,1H3. The first-order chi connectivity index (χ1) is 8.18. The summed E-state index contributed by atoms with van der Waals surface area (Å²) in [6.45, 7) is 0. The van der Waals surface area contributed by atoms with Crippen molar-refractivity contribution in [2.75, 3.05) is 7.11 Å². The van der Waals surface area contributed by atoms with Gasteiger partial charge in [-0.2, -0.15) is 0 Å². The molecule has 0 spiro atoms. The zero-order valence-electron chi connectivity index (χ0n) is 10.0. The lowest BCUT2D eigenvalue weighted by atomic mass is 9.91. The third-order valence-corrected chi connectivity index (χ3v) is 3.99. The number of rotatable bonds is 4. The summed E-state index contributed by atoms with van der Waals surface area (Å²) in [4.78, 5) is 12.3. The summed E-state index contributed by atoms with van der Waals surface area (Å²) in [5, 5.41) is 0.658. The number of carbonyl (C=O) groups is 1. The Hall–Kier alpha value is -0.860. The van der Waals surface area contributed by atoms with Crippen LogP contribution in [0.2, 0.25) is 5.02 Å². The Morgan fingerprint density at radius 2 is 2.00 bits per heavy atom. The molecule has 0 heterocycles. The van der Waals surface area contributed by atoms with Crippen LogP contribution >= 0.6 is 11.6 Å². The SMILES string of the molecule is COC1(C(=O)Cc2ccccc2Cl)CCCC1. The number of hydrogen-bond donors (Lipinski definition) is 0. The molecule has 0 N–H and O–H groups in total. The fourth-order valence-corrected chi connectivity index (χ4v) is 2.72. The van der Waals surface area contributed by atoms with Crippen molar-refractivity contribution in [2.24, 2.45) is 0 Å². The van der Waals surface area contributed by atoms with Gasteiger partial charge in [0.25, 0.3) is 0 Å². The van der Waals surface area contributed by atoms with Crippen molar-refractivity contribution in [1.29, 1.82) is 0 Å². The molecule has 3 heteroatoms. The molecule has 0 atom stereocenters. The highest BCUT2D eigenvalue weighted by molar-refractivity contribution is 6.31. The highest BCUT2D eigenvalue weighted by Crippen LogP contribution is 2.34. The molecule has 1 saturated carbocycles. The first-order valence-corrected chi connectivity index (χ1v) is 6.38. The van der Waals surface area contributed by atoms with Crippen molar-refractivity contribution in [2.45, 2.75) is 37.7 Å². The van der Waals surface area contributed by atoms with E-state index in [-0.39, 0.29) is 5.78 Å². The van der Waals surface area contributed by atoms with Crippen molar-refractivity contribution >= 4 is 17.4 Å². The number of halogens is 1. The van der Waals surface area contributed by atoms with Crippen molar-refractivity contribution in [3.05, 3.63) is 34.9 Å². The lowest BCUT2D eigenvalue weighted by molar-refractivity contribution is -0.139. The molecule has 1 aliphatic rings. The smallest absolute Gasteiger partial charge is 0.169 e. The van der Waals surface area contributed by atoms with Gasteiger partial charge in [0.05, 0.1) is 0 Å². The lowest BCUT2D eigenvalue weighted by Gasteiger charge is -2.25. The largest absolute Gasteiger partial charge is 0.370 e. The van der Waals surface area contributed by atoms with Gasteiger partial charge in [-0.15, -0.1) is 0 Å². The van der Waals surface area contributed by atoms with E-state index < -0.39 is 5.60 Å². The van der Waals surface area contributed by atoms with Crippen LogP contribution in [0, 0.1) is 0 Å². The lowest BCUT2D eigenvalue weighted by Crippen LogP contribution is -2.38. The van der Waals surface area contributed by atoms with E-state index in [0.717, 1.165) is 31.2 Å². The maximum Gasteiger partial charge on any atom is 0.169 e. The Morgan fingerprint density at radius 3 is 2.59 bits per heavy atom. The van der Waals surface area contributed by atoms with Gasteiger partial charge in [0, 0.05) is 18.6 Å². The van der Waals surface area contributed by atoms with Crippen LogP contribution in [0.15, 0.2) is 24.3 Å². The fourth-order valence-electron chi connectivity index (χ4n) is 2.52. The van der Waals surface area contributed by atoms with Crippen molar-refractivity contribution in [3.8, 4) is 0 Å². The van der Waals surface area contributed by atoms with Gasteiger partial charge in [-0.05, 0) is 37.3 Å². The van der Waals surface area contributed by atoms with E-state index in [9.17, 15) is 4.79 Å². The quantitative estimate of drug-likeness (QED) is 0.821. The Labute approximate surface area is 107 Å². The van der Waals surface area contributed by atoms with Gasteiger partial charge in [0.2, 0.25) is 0 Å². The van der Waals surface area contributed by atoms with E-state index in [1.807, 2.05) is 24.3 Å². The minimum absolute atomic E-state index is 0.158. The molecule has 0 aliphatic heterocycles. The van der Waals surface area contributed by atoms with Gasteiger partial charge in [0.1, 0.15) is 5.60 Å². The normalized spacial score (nSPS) is 18.2. The third-order valence-electron chi connectivity index (χ3n) is 3.62. The van der Waals surface area contributed by atoms with Gasteiger partial charge in [-0.25, -0.2) is 0 Å². The molecule has 17 heavy (non-hydrogen) atoms. The predicted molar refractivity (Wildman–Crippen MR) is 68.4 cm³/mol. The molecule has 1 aromatic carbocycles. The first-order valence-electron chi connectivity index (χ1n) is 6.00. The van der Waals surface area contributed by atoms with Gasteiger partial charge in [-0.3, -0.25) is 4.79 Å². The van der Waals surface area contributed by atoms with Crippen LogP contribution in [-0.2, 0) is 16.0 Å². The second kappa shape index (κ2) is 5.19. The number of carbonyl (C=O) groups excluding carboxylic acids is 1. The summed E-state index contributed by atoms with van der Waals surface area (Å²) in [5.74, 6) is 0.158. The van der Waals surface area contributed by atoms with E-state index in [0.29, 0.717) is 11.4 Å².